The molecule has 5 rings (SSSR count). The third-order valence-electron chi connectivity index (χ3n) is 6.65. The summed E-state index contributed by atoms with van der Waals surface area (Å²) in [5, 5.41) is 11.5. The van der Waals surface area contributed by atoms with Crippen LogP contribution in [-0.4, -0.2) is 23.4 Å². The van der Waals surface area contributed by atoms with Crippen LogP contribution in [0.5, 0.6) is 11.5 Å². The smallest absolute Gasteiger partial charge is 0.300 e. The van der Waals surface area contributed by atoms with Gasteiger partial charge in [-0.3, -0.25) is 14.5 Å². The Balaban J connectivity index is 1.56. The first-order valence-electron chi connectivity index (χ1n) is 12.8. The molecule has 1 atom stereocenters. The molecular formula is C33H29NO5. The summed E-state index contributed by atoms with van der Waals surface area (Å²) in [7, 11) is 0. The maximum absolute atomic E-state index is 13.4. The number of carbonyl (C=O) groups excluding carboxylic acids is 2. The zero-order valence-corrected chi connectivity index (χ0v) is 21.8. The third-order valence-corrected chi connectivity index (χ3v) is 6.65. The van der Waals surface area contributed by atoms with Gasteiger partial charge in [0, 0.05) is 11.3 Å². The lowest BCUT2D eigenvalue weighted by atomic mass is 9.94. The molecule has 0 saturated carbocycles. The molecule has 0 aliphatic carbocycles. The van der Waals surface area contributed by atoms with Gasteiger partial charge in [0.2, 0.25) is 0 Å². The Morgan fingerprint density at radius 2 is 1.56 bits per heavy atom. The van der Waals surface area contributed by atoms with Crippen LogP contribution in [0.4, 0.5) is 5.69 Å². The summed E-state index contributed by atoms with van der Waals surface area (Å²) in [4.78, 5) is 28.2. The van der Waals surface area contributed by atoms with Gasteiger partial charge in [0.1, 0.15) is 23.9 Å². The van der Waals surface area contributed by atoms with Crippen LogP contribution < -0.4 is 14.4 Å². The minimum atomic E-state index is -0.831. The molecule has 4 aromatic rings. The Hall–Kier alpha value is -4.84. The van der Waals surface area contributed by atoms with Gasteiger partial charge in [-0.05, 0) is 73.0 Å². The molecule has 1 aliphatic rings. The molecule has 1 N–H and O–H groups in total. The number of ketones is 1. The fraction of sp³-hybridized carbons (Fsp3) is 0.152. The van der Waals surface area contributed by atoms with Gasteiger partial charge in [-0.25, -0.2) is 0 Å². The van der Waals surface area contributed by atoms with Gasteiger partial charge in [-0.15, -0.1) is 0 Å². The molecule has 0 bridgehead atoms. The predicted octanol–water partition coefficient (Wildman–Crippen LogP) is 6.60. The fourth-order valence-corrected chi connectivity index (χ4v) is 4.79. The number of benzene rings is 4. The van der Waals surface area contributed by atoms with E-state index in [1.54, 1.807) is 48.5 Å². The van der Waals surface area contributed by atoms with Crippen molar-refractivity contribution >= 4 is 23.1 Å². The SMILES string of the molecule is CCOc1cccc(C2/C(=C(\O)c3ccc(OCc4ccccc4)c(C)c3)C(=O)C(=O)N2c2ccccc2)c1. The van der Waals surface area contributed by atoms with Gasteiger partial charge in [0.25, 0.3) is 11.7 Å². The molecular weight excluding hydrogens is 490 g/mol. The molecule has 1 fully saturated rings. The normalized spacial score (nSPS) is 16.4. The molecule has 6 heteroatoms. The number of para-hydroxylation sites is 1. The lowest BCUT2D eigenvalue weighted by Crippen LogP contribution is -2.29. The van der Waals surface area contributed by atoms with Crippen molar-refractivity contribution in [2.75, 3.05) is 11.5 Å². The van der Waals surface area contributed by atoms with Crippen LogP contribution in [0.15, 0.2) is 109 Å². The van der Waals surface area contributed by atoms with E-state index in [1.165, 1.54) is 4.90 Å². The second kappa shape index (κ2) is 11.3. The quantitative estimate of drug-likeness (QED) is 0.161. The highest BCUT2D eigenvalue weighted by Crippen LogP contribution is 2.43. The Kier molecular flexibility index (Phi) is 7.46. The highest BCUT2D eigenvalue weighted by Gasteiger charge is 2.47. The fourth-order valence-electron chi connectivity index (χ4n) is 4.79. The summed E-state index contributed by atoms with van der Waals surface area (Å²) in [6, 6.07) is 30.5. The molecule has 1 amide bonds. The molecule has 1 unspecified atom stereocenters. The minimum absolute atomic E-state index is 0.0230. The second-order valence-corrected chi connectivity index (χ2v) is 9.26. The zero-order valence-electron chi connectivity index (χ0n) is 21.8. The van der Waals surface area contributed by atoms with Crippen molar-refractivity contribution in [1.29, 1.82) is 0 Å². The first kappa shape index (κ1) is 25.8. The van der Waals surface area contributed by atoms with Gasteiger partial charge >= 0.3 is 0 Å². The van der Waals surface area contributed by atoms with Crippen LogP contribution in [0.2, 0.25) is 0 Å². The number of aliphatic hydroxyl groups excluding tert-OH is 1. The molecule has 196 valence electrons. The van der Waals surface area contributed by atoms with Gasteiger partial charge in [-0.2, -0.15) is 0 Å². The number of hydrogen-bond acceptors (Lipinski definition) is 5. The number of hydrogen-bond donors (Lipinski definition) is 1. The molecule has 1 heterocycles. The topological polar surface area (TPSA) is 76.1 Å². The molecule has 0 spiro atoms. The third kappa shape index (κ3) is 5.27. The average Bonchev–Trinajstić information content (AvgIpc) is 3.23. The molecule has 1 saturated heterocycles. The molecule has 1 aliphatic heterocycles. The maximum Gasteiger partial charge on any atom is 0.300 e. The number of aliphatic hydroxyl groups is 1. The van der Waals surface area contributed by atoms with Crippen molar-refractivity contribution in [1.82, 2.24) is 0 Å². The van der Waals surface area contributed by atoms with E-state index in [1.807, 2.05) is 68.4 Å². The van der Waals surface area contributed by atoms with Crippen LogP contribution in [-0.2, 0) is 16.2 Å². The Morgan fingerprint density at radius 1 is 0.846 bits per heavy atom. The number of amides is 1. The van der Waals surface area contributed by atoms with Gasteiger partial charge in [0.15, 0.2) is 0 Å². The molecule has 0 aromatic heterocycles. The number of rotatable bonds is 8. The van der Waals surface area contributed by atoms with Crippen LogP contribution >= 0.6 is 0 Å². The lowest BCUT2D eigenvalue weighted by Gasteiger charge is -2.25. The number of carbonyl (C=O) groups is 2. The van der Waals surface area contributed by atoms with E-state index in [0.29, 0.717) is 41.5 Å². The van der Waals surface area contributed by atoms with Crippen LogP contribution in [0.3, 0.4) is 0 Å². The predicted molar refractivity (Wildman–Crippen MR) is 151 cm³/mol. The summed E-state index contributed by atoms with van der Waals surface area (Å²) in [6.45, 7) is 4.65. The largest absolute Gasteiger partial charge is 0.507 e. The van der Waals surface area contributed by atoms with Crippen LogP contribution in [0, 0.1) is 6.92 Å². The van der Waals surface area contributed by atoms with E-state index < -0.39 is 17.7 Å². The van der Waals surface area contributed by atoms with Crippen molar-refractivity contribution in [3.8, 4) is 11.5 Å². The molecule has 4 aromatic carbocycles. The zero-order chi connectivity index (χ0) is 27.4. The lowest BCUT2D eigenvalue weighted by molar-refractivity contribution is -0.132. The monoisotopic (exact) mass is 519 g/mol. The summed E-state index contributed by atoms with van der Waals surface area (Å²) < 4.78 is 11.7. The highest BCUT2D eigenvalue weighted by atomic mass is 16.5. The van der Waals surface area contributed by atoms with Crippen molar-refractivity contribution in [3.63, 3.8) is 0 Å². The first-order chi connectivity index (χ1) is 19.0. The number of anilines is 1. The van der Waals surface area contributed by atoms with Gasteiger partial charge in [0.05, 0.1) is 18.2 Å². The van der Waals surface area contributed by atoms with E-state index in [0.717, 1.165) is 11.1 Å². The van der Waals surface area contributed by atoms with Crippen molar-refractivity contribution in [2.45, 2.75) is 26.5 Å². The highest BCUT2D eigenvalue weighted by molar-refractivity contribution is 6.51. The van der Waals surface area contributed by atoms with Crippen LogP contribution in [0.1, 0.15) is 35.2 Å². The second-order valence-electron chi connectivity index (χ2n) is 9.26. The van der Waals surface area contributed by atoms with E-state index >= 15 is 0 Å². The van der Waals surface area contributed by atoms with E-state index in [-0.39, 0.29) is 11.3 Å². The summed E-state index contributed by atoms with van der Waals surface area (Å²) in [5.41, 5.74) is 3.50. The standard InChI is InChI=1S/C33H29NO5/c1-3-38-27-16-10-13-24(20-27)30-29(32(36)33(37)34(30)26-14-8-5-9-15-26)31(35)25-17-18-28(22(2)19-25)39-21-23-11-6-4-7-12-23/h4-20,30,35H,3,21H2,1-2H3/b31-29+. The summed E-state index contributed by atoms with van der Waals surface area (Å²) in [5.74, 6) is -0.402. The van der Waals surface area contributed by atoms with Gasteiger partial charge in [-0.1, -0.05) is 60.7 Å². The molecule has 39 heavy (non-hydrogen) atoms. The Morgan fingerprint density at radius 3 is 2.26 bits per heavy atom. The number of ether oxygens (including phenoxy) is 2. The summed E-state index contributed by atoms with van der Waals surface area (Å²) >= 11 is 0. The Bertz CT molecular complexity index is 1530. The minimum Gasteiger partial charge on any atom is -0.507 e. The average molecular weight is 520 g/mol. The summed E-state index contributed by atoms with van der Waals surface area (Å²) in [6.07, 6.45) is 0. The first-order valence-corrected chi connectivity index (χ1v) is 12.8. The number of nitrogens with zero attached hydrogens (tertiary/aromatic N) is 1. The Labute approximate surface area is 227 Å². The maximum atomic E-state index is 13.4. The van der Waals surface area contributed by atoms with E-state index in [9.17, 15) is 14.7 Å². The molecule has 0 radical (unpaired) electrons. The molecule has 6 nitrogen and oxygen atoms in total. The van der Waals surface area contributed by atoms with Crippen molar-refractivity contribution in [2.24, 2.45) is 0 Å². The van der Waals surface area contributed by atoms with E-state index in [4.69, 9.17) is 9.47 Å². The number of Topliss-reactive ketones (excluding diaryl/α,β-unsaturated/α-hetero) is 1. The number of aryl methyl sites for hydroxylation is 1. The van der Waals surface area contributed by atoms with E-state index in [2.05, 4.69) is 0 Å². The van der Waals surface area contributed by atoms with Crippen molar-refractivity contribution < 1.29 is 24.2 Å². The van der Waals surface area contributed by atoms with Gasteiger partial charge < -0.3 is 14.6 Å². The van der Waals surface area contributed by atoms with Crippen molar-refractivity contribution in [3.05, 3.63) is 131 Å². The van der Waals surface area contributed by atoms with Crippen LogP contribution in [0.25, 0.3) is 5.76 Å².